The van der Waals surface area contributed by atoms with Gasteiger partial charge in [-0.3, -0.25) is 4.79 Å². The summed E-state index contributed by atoms with van der Waals surface area (Å²) in [5.74, 6) is 0.113. The van der Waals surface area contributed by atoms with Gasteiger partial charge in [0.1, 0.15) is 23.9 Å². The fourth-order valence-corrected chi connectivity index (χ4v) is 4.39. The van der Waals surface area contributed by atoms with Gasteiger partial charge in [0.15, 0.2) is 0 Å². The quantitative estimate of drug-likeness (QED) is 0.366. The maximum atomic E-state index is 14.8. The van der Waals surface area contributed by atoms with Crippen LogP contribution in [0.25, 0.3) is 16.7 Å². The molecule has 0 unspecified atom stereocenters. The van der Waals surface area contributed by atoms with Crippen LogP contribution in [0.1, 0.15) is 55.2 Å². The number of carboxylic acids is 1. The minimum Gasteiger partial charge on any atom is -0.497 e. The zero-order chi connectivity index (χ0) is 24.1. The lowest BCUT2D eigenvalue weighted by atomic mass is 9.92. The lowest BCUT2D eigenvalue weighted by Crippen LogP contribution is -2.03. The SMILES string of the molecule is COc1ccc(F)c(-c2ccc(COc3cccc([C@@H](C)CC(=O)O)c3)cc2C2=CCCC2)c1. The van der Waals surface area contributed by atoms with Gasteiger partial charge in [-0.05, 0) is 89.4 Å². The lowest BCUT2D eigenvalue weighted by molar-refractivity contribution is -0.137. The van der Waals surface area contributed by atoms with Crippen molar-refractivity contribution < 1.29 is 23.8 Å². The Morgan fingerprint density at radius 1 is 1.03 bits per heavy atom. The zero-order valence-corrected chi connectivity index (χ0v) is 19.5. The molecule has 0 heterocycles. The minimum absolute atomic E-state index is 0.0736. The van der Waals surface area contributed by atoms with E-state index in [2.05, 4.69) is 12.1 Å². The first kappa shape index (κ1) is 23.6. The Hall–Kier alpha value is -3.60. The highest BCUT2D eigenvalue weighted by atomic mass is 19.1. The van der Waals surface area contributed by atoms with Crippen molar-refractivity contribution in [2.75, 3.05) is 7.11 Å². The molecule has 0 fully saturated rings. The molecule has 0 amide bonds. The summed E-state index contributed by atoms with van der Waals surface area (Å²) in [7, 11) is 1.58. The zero-order valence-electron chi connectivity index (χ0n) is 19.5. The van der Waals surface area contributed by atoms with Gasteiger partial charge in [0.2, 0.25) is 0 Å². The van der Waals surface area contributed by atoms with Gasteiger partial charge in [0.05, 0.1) is 13.5 Å². The number of aliphatic carboxylic acids is 1. The molecular formula is C29H29FO4. The summed E-state index contributed by atoms with van der Waals surface area (Å²) in [6, 6.07) is 18.4. The molecule has 0 spiro atoms. The number of benzene rings is 3. The molecule has 0 aromatic heterocycles. The van der Waals surface area contributed by atoms with E-state index in [9.17, 15) is 9.18 Å². The van der Waals surface area contributed by atoms with E-state index in [0.717, 1.165) is 41.5 Å². The smallest absolute Gasteiger partial charge is 0.303 e. The second-order valence-electron chi connectivity index (χ2n) is 8.71. The van der Waals surface area contributed by atoms with Crippen LogP contribution in [-0.4, -0.2) is 18.2 Å². The van der Waals surface area contributed by atoms with Gasteiger partial charge < -0.3 is 14.6 Å². The van der Waals surface area contributed by atoms with Gasteiger partial charge in [-0.2, -0.15) is 0 Å². The van der Waals surface area contributed by atoms with Crippen molar-refractivity contribution in [3.63, 3.8) is 0 Å². The summed E-state index contributed by atoms with van der Waals surface area (Å²) >= 11 is 0. The number of halogens is 1. The van der Waals surface area contributed by atoms with Crippen LogP contribution >= 0.6 is 0 Å². The highest BCUT2D eigenvalue weighted by Gasteiger charge is 2.17. The van der Waals surface area contributed by atoms with Gasteiger partial charge >= 0.3 is 5.97 Å². The van der Waals surface area contributed by atoms with Crippen LogP contribution < -0.4 is 9.47 Å². The van der Waals surface area contributed by atoms with Gasteiger partial charge in [-0.15, -0.1) is 0 Å². The van der Waals surface area contributed by atoms with E-state index in [1.54, 1.807) is 19.2 Å². The van der Waals surface area contributed by atoms with E-state index in [4.69, 9.17) is 14.6 Å². The maximum Gasteiger partial charge on any atom is 0.303 e. The first-order valence-electron chi connectivity index (χ1n) is 11.6. The largest absolute Gasteiger partial charge is 0.497 e. The van der Waals surface area contributed by atoms with Crippen LogP contribution in [0.4, 0.5) is 4.39 Å². The molecule has 1 atom stereocenters. The average Bonchev–Trinajstić information content (AvgIpc) is 3.38. The summed E-state index contributed by atoms with van der Waals surface area (Å²) in [5.41, 5.74) is 5.53. The van der Waals surface area contributed by atoms with Gasteiger partial charge in [0.25, 0.3) is 0 Å². The molecule has 0 aliphatic heterocycles. The summed E-state index contributed by atoms with van der Waals surface area (Å²) in [6.45, 7) is 2.25. The van der Waals surface area contributed by atoms with E-state index >= 15 is 0 Å². The minimum atomic E-state index is -0.819. The van der Waals surface area contributed by atoms with Crippen LogP contribution in [0.15, 0.2) is 66.7 Å². The van der Waals surface area contributed by atoms with Gasteiger partial charge in [0, 0.05) is 5.56 Å². The predicted octanol–water partition coefficient (Wildman–Crippen LogP) is 7.23. The number of methoxy groups -OCH3 is 1. The second-order valence-corrected chi connectivity index (χ2v) is 8.71. The third-order valence-electron chi connectivity index (χ3n) is 6.25. The number of rotatable bonds is 9. The highest BCUT2D eigenvalue weighted by Crippen LogP contribution is 2.38. The molecule has 5 heteroatoms. The molecule has 0 radical (unpaired) electrons. The van der Waals surface area contributed by atoms with Crippen LogP contribution in [-0.2, 0) is 11.4 Å². The van der Waals surface area contributed by atoms with E-state index in [-0.39, 0.29) is 18.2 Å². The Kier molecular flexibility index (Phi) is 7.31. The number of hydrogen-bond acceptors (Lipinski definition) is 3. The fourth-order valence-electron chi connectivity index (χ4n) is 4.39. The molecule has 1 N–H and O–H groups in total. The Morgan fingerprint density at radius 3 is 2.62 bits per heavy atom. The van der Waals surface area contributed by atoms with Gasteiger partial charge in [-0.25, -0.2) is 4.39 Å². The molecule has 4 rings (SSSR count). The fraction of sp³-hybridized carbons (Fsp3) is 0.276. The Morgan fingerprint density at radius 2 is 1.88 bits per heavy atom. The topological polar surface area (TPSA) is 55.8 Å². The van der Waals surface area contributed by atoms with Crippen LogP contribution in [0.2, 0.25) is 0 Å². The molecule has 0 bridgehead atoms. The molecule has 176 valence electrons. The van der Waals surface area contributed by atoms with Crippen LogP contribution in [0.3, 0.4) is 0 Å². The van der Waals surface area contributed by atoms with Crippen LogP contribution in [0.5, 0.6) is 11.5 Å². The van der Waals surface area contributed by atoms with Crippen molar-refractivity contribution in [2.45, 2.75) is 45.1 Å². The number of hydrogen-bond donors (Lipinski definition) is 1. The van der Waals surface area contributed by atoms with E-state index in [1.807, 2.05) is 43.3 Å². The second kappa shape index (κ2) is 10.6. The molecule has 0 saturated heterocycles. The Bertz CT molecular complexity index is 1210. The predicted molar refractivity (Wildman–Crippen MR) is 132 cm³/mol. The third kappa shape index (κ3) is 5.48. The third-order valence-corrected chi connectivity index (χ3v) is 6.25. The number of carboxylic acid groups (broad SMARTS) is 1. The van der Waals surface area contributed by atoms with Crippen molar-refractivity contribution in [3.8, 4) is 22.6 Å². The molecule has 4 nitrogen and oxygen atoms in total. The molecule has 0 saturated carbocycles. The first-order chi connectivity index (χ1) is 16.4. The van der Waals surface area contributed by atoms with Crippen molar-refractivity contribution in [1.29, 1.82) is 0 Å². The van der Waals surface area contributed by atoms with Crippen LogP contribution in [0, 0.1) is 5.82 Å². The molecular weight excluding hydrogens is 431 g/mol. The highest BCUT2D eigenvalue weighted by molar-refractivity contribution is 5.83. The Labute approximate surface area is 199 Å². The average molecular weight is 461 g/mol. The first-order valence-corrected chi connectivity index (χ1v) is 11.6. The van der Waals surface area contributed by atoms with Crippen molar-refractivity contribution in [3.05, 3.63) is 89.2 Å². The molecule has 1 aliphatic rings. The molecule has 34 heavy (non-hydrogen) atoms. The molecule has 3 aromatic carbocycles. The molecule has 3 aromatic rings. The van der Waals surface area contributed by atoms with E-state index in [1.165, 1.54) is 11.6 Å². The standard InChI is InChI=1S/C29H29FO4/c1-19(14-29(31)32)22-8-5-9-24(16-22)34-18-20-10-12-25(26(15-20)21-6-3-4-7-21)27-17-23(33-2)11-13-28(27)30/h5-6,8-13,15-17,19H,3-4,7,14,18H2,1-2H3,(H,31,32)/t19-/m0/s1. The van der Waals surface area contributed by atoms with Crippen molar-refractivity contribution in [1.82, 2.24) is 0 Å². The van der Waals surface area contributed by atoms with Crippen molar-refractivity contribution >= 4 is 11.5 Å². The monoisotopic (exact) mass is 460 g/mol. The summed E-state index contributed by atoms with van der Waals surface area (Å²) < 4.78 is 26.1. The van der Waals surface area contributed by atoms with Crippen molar-refractivity contribution in [2.24, 2.45) is 0 Å². The summed E-state index contributed by atoms with van der Waals surface area (Å²) in [5, 5.41) is 9.07. The Balaban J connectivity index is 1.60. The van der Waals surface area contributed by atoms with Gasteiger partial charge in [-0.1, -0.05) is 37.3 Å². The summed E-state index contributed by atoms with van der Waals surface area (Å²) in [6.07, 6.45) is 5.39. The number of ether oxygens (including phenoxy) is 2. The van der Waals surface area contributed by atoms with E-state index in [0.29, 0.717) is 23.7 Å². The van der Waals surface area contributed by atoms with E-state index < -0.39 is 5.97 Å². The molecule has 1 aliphatic carbocycles. The maximum absolute atomic E-state index is 14.8. The summed E-state index contributed by atoms with van der Waals surface area (Å²) in [4.78, 5) is 11.0. The normalized spacial score (nSPS) is 13.9. The number of allylic oxidation sites excluding steroid dienone is 2. The number of carbonyl (C=O) groups is 1. The lowest BCUT2D eigenvalue weighted by Gasteiger charge is -2.16.